The van der Waals surface area contributed by atoms with Crippen molar-refractivity contribution in [1.82, 2.24) is 0 Å². The Kier molecular flexibility index (Phi) is 2.31. The summed E-state index contributed by atoms with van der Waals surface area (Å²) < 4.78 is 0. The number of hydrogen-bond acceptors (Lipinski definition) is 0. The van der Waals surface area contributed by atoms with Crippen molar-refractivity contribution in [3.8, 4) is 0 Å². The molecule has 1 rings (SSSR count). The van der Waals surface area contributed by atoms with Crippen molar-refractivity contribution in [3.63, 3.8) is 0 Å². The van der Waals surface area contributed by atoms with E-state index in [-0.39, 0.29) is 0 Å². The van der Waals surface area contributed by atoms with E-state index in [0.717, 1.165) is 5.92 Å². The molecule has 0 heteroatoms. The quantitative estimate of drug-likeness (QED) is 0.519. The fourth-order valence-electron chi connectivity index (χ4n) is 1.17. The van der Waals surface area contributed by atoms with E-state index >= 15 is 0 Å². The molecule has 1 aliphatic carbocycles. The minimum Gasteiger partial charge on any atom is -0.0811 e. The zero-order valence-electron chi connectivity index (χ0n) is 7.09. The molecule has 0 radical (unpaired) electrons. The van der Waals surface area contributed by atoms with E-state index in [1.807, 2.05) is 0 Å². The molecule has 10 heavy (non-hydrogen) atoms. The minimum atomic E-state index is 0.698. The van der Waals surface area contributed by atoms with Crippen LogP contribution in [0.3, 0.4) is 0 Å². The van der Waals surface area contributed by atoms with Gasteiger partial charge in [0.1, 0.15) is 0 Å². The first-order valence-corrected chi connectivity index (χ1v) is 4.08. The zero-order valence-corrected chi connectivity index (χ0v) is 7.09. The maximum Gasteiger partial charge on any atom is -0.0222 e. The first-order valence-electron chi connectivity index (χ1n) is 4.08. The lowest BCUT2D eigenvalue weighted by atomic mass is 9.93. The van der Waals surface area contributed by atoms with Crippen molar-refractivity contribution in [3.05, 3.63) is 23.8 Å². The Morgan fingerprint density at radius 2 is 2.20 bits per heavy atom. The molecule has 0 spiro atoms. The summed E-state index contributed by atoms with van der Waals surface area (Å²) in [5, 5.41) is 0. The monoisotopic (exact) mass is 136 g/mol. The second-order valence-corrected chi connectivity index (χ2v) is 3.43. The predicted molar refractivity (Wildman–Crippen MR) is 45.8 cm³/mol. The Balaban J connectivity index is 2.59. The van der Waals surface area contributed by atoms with Crippen LogP contribution >= 0.6 is 0 Å². The number of rotatable bonds is 1. The van der Waals surface area contributed by atoms with Crippen LogP contribution in [0, 0.1) is 11.8 Å². The zero-order chi connectivity index (χ0) is 7.56. The molecule has 0 heterocycles. The fraction of sp³-hybridized carbons (Fsp3) is 0.600. The number of allylic oxidation sites excluding steroid dienone is 4. The molecular formula is C10H16. The highest BCUT2D eigenvalue weighted by Crippen LogP contribution is 2.20. The van der Waals surface area contributed by atoms with E-state index in [1.165, 1.54) is 12.0 Å². The van der Waals surface area contributed by atoms with Crippen molar-refractivity contribution < 1.29 is 0 Å². The molecule has 0 saturated heterocycles. The second kappa shape index (κ2) is 3.05. The van der Waals surface area contributed by atoms with Crippen LogP contribution in [0.15, 0.2) is 23.8 Å². The molecule has 1 aliphatic rings. The molecule has 1 unspecified atom stereocenters. The molecular weight excluding hydrogens is 120 g/mol. The molecule has 0 aromatic heterocycles. The highest BCUT2D eigenvalue weighted by Gasteiger charge is 2.05. The lowest BCUT2D eigenvalue weighted by Crippen LogP contribution is -1.98. The molecule has 0 N–H and O–H groups in total. The maximum atomic E-state index is 2.36. The second-order valence-electron chi connectivity index (χ2n) is 3.43. The molecule has 0 nitrogen and oxygen atoms in total. The first-order chi connectivity index (χ1) is 4.70. The molecule has 0 fully saturated rings. The number of hydrogen-bond donors (Lipinski definition) is 0. The van der Waals surface area contributed by atoms with Crippen LogP contribution in [0.25, 0.3) is 0 Å². The van der Waals surface area contributed by atoms with E-state index in [9.17, 15) is 0 Å². The summed E-state index contributed by atoms with van der Waals surface area (Å²) in [6, 6.07) is 0. The van der Waals surface area contributed by atoms with Crippen molar-refractivity contribution in [2.24, 2.45) is 11.8 Å². The Bertz CT molecular complexity index is 161. The van der Waals surface area contributed by atoms with Crippen molar-refractivity contribution in [1.29, 1.82) is 0 Å². The molecule has 0 amide bonds. The van der Waals surface area contributed by atoms with Gasteiger partial charge in [0.15, 0.2) is 0 Å². The van der Waals surface area contributed by atoms with Gasteiger partial charge in [0.2, 0.25) is 0 Å². The van der Waals surface area contributed by atoms with Gasteiger partial charge in [-0.2, -0.15) is 0 Å². The van der Waals surface area contributed by atoms with Gasteiger partial charge >= 0.3 is 0 Å². The lowest BCUT2D eigenvalue weighted by molar-refractivity contribution is 0.698. The Morgan fingerprint density at radius 1 is 1.50 bits per heavy atom. The molecule has 0 saturated carbocycles. The molecule has 0 aromatic carbocycles. The van der Waals surface area contributed by atoms with Crippen LogP contribution in [-0.4, -0.2) is 0 Å². The molecule has 0 aromatic rings. The molecule has 56 valence electrons. The van der Waals surface area contributed by atoms with Gasteiger partial charge in [-0.05, 0) is 23.8 Å². The van der Waals surface area contributed by atoms with E-state index in [2.05, 4.69) is 39.0 Å². The fourth-order valence-corrected chi connectivity index (χ4v) is 1.17. The van der Waals surface area contributed by atoms with E-state index in [1.54, 1.807) is 0 Å². The topological polar surface area (TPSA) is 0 Å². The Morgan fingerprint density at radius 3 is 2.60 bits per heavy atom. The van der Waals surface area contributed by atoms with Gasteiger partial charge in [-0.15, -0.1) is 0 Å². The van der Waals surface area contributed by atoms with Gasteiger partial charge in [-0.25, -0.2) is 0 Å². The SMILES string of the molecule is CC1C=CC(C(C)C)=CC1. The summed E-state index contributed by atoms with van der Waals surface area (Å²) in [5.41, 5.74) is 1.50. The normalized spacial score (nSPS) is 25.2. The van der Waals surface area contributed by atoms with Gasteiger partial charge in [-0.3, -0.25) is 0 Å². The third-order valence-corrected chi connectivity index (χ3v) is 2.01. The van der Waals surface area contributed by atoms with Crippen LogP contribution in [0.4, 0.5) is 0 Å². The smallest absolute Gasteiger partial charge is 0.0222 e. The van der Waals surface area contributed by atoms with Crippen LogP contribution < -0.4 is 0 Å². The van der Waals surface area contributed by atoms with Gasteiger partial charge < -0.3 is 0 Å². The van der Waals surface area contributed by atoms with Crippen molar-refractivity contribution >= 4 is 0 Å². The average Bonchev–Trinajstić information content (AvgIpc) is 1.88. The summed E-state index contributed by atoms with van der Waals surface area (Å²) in [4.78, 5) is 0. The third kappa shape index (κ3) is 1.73. The average molecular weight is 136 g/mol. The van der Waals surface area contributed by atoms with E-state index < -0.39 is 0 Å². The van der Waals surface area contributed by atoms with Crippen LogP contribution in [0.5, 0.6) is 0 Å². The molecule has 1 atom stereocenters. The third-order valence-electron chi connectivity index (χ3n) is 2.01. The maximum absolute atomic E-state index is 2.36. The van der Waals surface area contributed by atoms with Gasteiger partial charge in [0.25, 0.3) is 0 Å². The van der Waals surface area contributed by atoms with E-state index in [4.69, 9.17) is 0 Å². The summed E-state index contributed by atoms with van der Waals surface area (Å²) in [6.45, 7) is 6.74. The standard InChI is InChI=1S/C10H16/c1-8(2)10-6-4-9(3)5-7-10/h4,6-9H,5H2,1-3H3. The largest absolute Gasteiger partial charge is 0.0811 e. The Hall–Kier alpha value is -0.520. The summed E-state index contributed by atoms with van der Waals surface area (Å²) >= 11 is 0. The lowest BCUT2D eigenvalue weighted by Gasteiger charge is -2.13. The van der Waals surface area contributed by atoms with Crippen LogP contribution in [0.1, 0.15) is 27.2 Å². The molecule has 0 bridgehead atoms. The summed E-state index contributed by atoms with van der Waals surface area (Å²) in [6.07, 6.45) is 8.15. The van der Waals surface area contributed by atoms with E-state index in [0.29, 0.717) is 5.92 Å². The summed E-state index contributed by atoms with van der Waals surface area (Å²) in [7, 11) is 0. The first kappa shape index (κ1) is 7.59. The van der Waals surface area contributed by atoms with Gasteiger partial charge in [0.05, 0.1) is 0 Å². The Labute approximate surface area is 63.6 Å². The highest BCUT2D eigenvalue weighted by molar-refractivity contribution is 5.24. The van der Waals surface area contributed by atoms with Crippen LogP contribution in [-0.2, 0) is 0 Å². The predicted octanol–water partition coefficient (Wildman–Crippen LogP) is 3.16. The van der Waals surface area contributed by atoms with Gasteiger partial charge in [-0.1, -0.05) is 39.0 Å². The van der Waals surface area contributed by atoms with Crippen molar-refractivity contribution in [2.45, 2.75) is 27.2 Å². The minimum absolute atomic E-state index is 0.698. The highest BCUT2D eigenvalue weighted by atomic mass is 14.1. The van der Waals surface area contributed by atoms with Gasteiger partial charge in [0, 0.05) is 0 Å². The van der Waals surface area contributed by atoms with Crippen LogP contribution in [0.2, 0.25) is 0 Å². The molecule has 0 aliphatic heterocycles. The summed E-state index contributed by atoms with van der Waals surface area (Å²) in [5.74, 6) is 1.45. The van der Waals surface area contributed by atoms with Crippen molar-refractivity contribution in [2.75, 3.05) is 0 Å².